The molecule has 1 saturated carbocycles. The third-order valence-electron chi connectivity index (χ3n) is 5.98. The van der Waals surface area contributed by atoms with E-state index >= 15 is 0 Å². The third kappa shape index (κ3) is 3.84. The van der Waals surface area contributed by atoms with Crippen LogP contribution in [0.3, 0.4) is 0 Å². The molecule has 7 nitrogen and oxygen atoms in total. The van der Waals surface area contributed by atoms with Crippen molar-refractivity contribution in [1.29, 1.82) is 0 Å². The summed E-state index contributed by atoms with van der Waals surface area (Å²) in [6, 6.07) is 4.88. The van der Waals surface area contributed by atoms with Crippen LogP contribution in [0.1, 0.15) is 49.0 Å². The summed E-state index contributed by atoms with van der Waals surface area (Å²) in [6.07, 6.45) is 2.40. The van der Waals surface area contributed by atoms with E-state index in [4.69, 9.17) is 0 Å². The van der Waals surface area contributed by atoms with Gasteiger partial charge in [-0.15, -0.1) is 0 Å². The normalized spacial score (nSPS) is 23.6. The van der Waals surface area contributed by atoms with E-state index in [1.165, 1.54) is 0 Å². The minimum atomic E-state index is -0.793. The quantitative estimate of drug-likeness (QED) is 0.723. The number of aryl methyl sites for hydroxylation is 1. The van der Waals surface area contributed by atoms with Crippen molar-refractivity contribution in [3.63, 3.8) is 0 Å². The van der Waals surface area contributed by atoms with E-state index in [1.807, 2.05) is 20.8 Å². The maximum Gasteiger partial charge on any atom is 0.321 e. The Morgan fingerprint density at radius 3 is 2.68 bits per heavy atom. The number of hydrogen-bond acceptors (Lipinski definition) is 3. The third-order valence-corrected chi connectivity index (χ3v) is 5.98. The van der Waals surface area contributed by atoms with E-state index < -0.39 is 11.4 Å². The summed E-state index contributed by atoms with van der Waals surface area (Å²) < 4.78 is 0. The van der Waals surface area contributed by atoms with Crippen LogP contribution in [0.25, 0.3) is 0 Å². The lowest BCUT2D eigenvalue weighted by Gasteiger charge is -2.23. The number of carbonyl (C=O) groups excluding carboxylic acids is 2. The monoisotopic (exact) mass is 387 g/mol. The zero-order valence-electron chi connectivity index (χ0n) is 16.7. The number of carbonyl (C=O) groups is 3. The molecule has 28 heavy (non-hydrogen) atoms. The van der Waals surface area contributed by atoms with Crippen LogP contribution in [0.2, 0.25) is 0 Å². The molecule has 2 fully saturated rings. The highest BCUT2D eigenvalue weighted by Crippen LogP contribution is 2.48. The number of benzene rings is 1. The Balaban J connectivity index is 1.65. The van der Waals surface area contributed by atoms with Crippen molar-refractivity contribution < 1.29 is 19.5 Å². The van der Waals surface area contributed by atoms with Gasteiger partial charge in [0.25, 0.3) is 5.91 Å². The number of aliphatic carboxylic acids is 1. The van der Waals surface area contributed by atoms with Crippen molar-refractivity contribution in [3.8, 4) is 0 Å². The Morgan fingerprint density at radius 1 is 1.32 bits per heavy atom. The molecule has 1 aromatic carbocycles. The molecule has 3 rings (SSSR count). The lowest BCUT2D eigenvalue weighted by molar-refractivity contribution is -0.149. The molecule has 1 aliphatic carbocycles. The summed E-state index contributed by atoms with van der Waals surface area (Å²) in [5.41, 5.74) is 1.19. The molecule has 0 aromatic heterocycles. The van der Waals surface area contributed by atoms with E-state index in [2.05, 4.69) is 10.6 Å². The molecule has 152 valence electrons. The smallest absolute Gasteiger partial charge is 0.321 e. The van der Waals surface area contributed by atoms with Crippen molar-refractivity contribution in [2.45, 2.75) is 40.0 Å². The van der Waals surface area contributed by atoms with E-state index in [9.17, 15) is 19.5 Å². The van der Waals surface area contributed by atoms with Gasteiger partial charge in [0.05, 0.1) is 5.41 Å². The molecule has 7 heteroatoms. The molecule has 0 unspecified atom stereocenters. The number of anilines is 1. The minimum Gasteiger partial charge on any atom is -0.481 e. The number of nitrogens with one attached hydrogen (secondary N) is 2. The first-order valence-electron chi connectivity index (χ1n) is 9.91. The number of rotatable bonds is 5. The Hall–Kier alpha value is -2.57. The van der Waals surface area contributed by atoms with Crippen molar-refractivity contribution in [2.24, 2.45) is 17.3 Å². The summed E-state index contributed by atoms with van der Waals surface area (Å²) >= 11 is 0. The number of nitrogens with zero attached hydrogens (tertiary/aromatic N) is 1. The van der Waals surface area contributed by atoms with Gasteiger partial charge in [-0.3, -0.25) is 9.59 Å². The van der Waals surface area contributed by atoms with Gasteiger partial charge in [0.1, 0.15) is 0 Å². The molecule has 0 spiro atoms. The Morgan fingerprint density at radius 2 is 2.07 bits per heavy atom. The molecule has 3 amide bonds. The molecular formula is C21H29N3O4. The Kier molecular flexibility index (Phi) is 5.63. The molecule has 1 aliphatic heterocycles. The number of carboxylic acids is 1. The SMILES string of the molecule is Cc1cc(C(=O)NCC(C)C)ccc1NC(=O)N1C[C@@H]2CCC[C@@]2(C(=O)O)C1. The highest BCUT2D eigenvalue weighted by Gasteiger charge is 2.55. The number of urea groups is 1. The Bertz CT molecular complexity index is 792. The summed E-state index contributed by atoms with van der Waals surface area (Å²) in [4.78, 5) is 38.3. The Labute approximate surface area is 165 Å². The van der Waals surface area contributed by atoms with E-state index in [-0.39, 0.29) is 24.4 Å². The van der Waals surface area contributed by atoms with E-state index in [0.717, 1.165) is 18.4 Å². The van der Waals surface area contributed by atoms with Crippen molar-refractivity contribution in [1.82, 2.24) is 10.2 Å². The molecular weight excluding hydrogens is 358 g/mol. The van der Waals surface area contributed by atoms with Crippen molar-refractivity contribution in [2.75, 3.05) is 25.0 Å². The number of likely N-dealkylation sites (tertiary alicyclic amines) is 1. The van der Waals surface area contributed by atoms with E-state index in [0.29, 0.717) is 36.7 Å². The van der Waals surface area contributed by atoms with Gasteiger partial charge in [-0.05, 0) is 55.4 Å². The number of amides is 3. The predicted molar refractivity (Wildman–Crippen MR) is 106 cm³/mol. The lowest BCUT2D eigenvalue weighted by Crippen LogP contribution is -2.38. The van der Waals surface area contributed by atoms with Gasteiger partial charge in [0.2, 0.25) is 0 Å². The van der Waals surface area contributed by atoms with E-state index in [1.54, 1.807) is 23.1 Å². The molecule has 0 bridgehead atoms. The fourth-order valence-corrected chi connectivity index (χ4v) is 4.33. The number of fused-ring (bicyclic) bond motifs is 1. The van der Waals surface area contributed by atoms with Crippen LogP contribution < -0.4 is 10.6 Å². The lowest BCUT2D eigenvalue weighted by atomic mass is 9.81. The predicted octanol–water partition coefficient (Wildman–Crippen LogP) is 3.10. The summed E-state index contributed by atoms with van der Waals surface area (Å²) in [5.74, 6) is -0.523. The van der Waals surface area contributed by atoms with Crippen LogP contribution in [0.4, 0.5) is 10.5 Å². The number of hydrogen-bond donors (Lipinski definition) is 3. The van der Waals surface area contributed by atoms with Crippen LogP contribution >= 0.6 is 0 Å². The first kappa shape index (κ1) is 20.2. The van der Waals surface area contributed by atoms with Gasteiger partial charge in [-0.2, -0.15) is 0 Å². The molecule has 2 atom stereocenters. The van der Waals surface area contributed by atoms with Crippen molar-refractivity contribution >= 4 is 23.6 Å². The zero-order valence-corrected chi connectivity index (χ0v) is 16.7. The van der Waals surface area contributed by atoms with Crippen LogP contribution in [-0.2, 0) is 4.79 Å². The molecule has 3 N–H and O–H groups in total. The van der Waals surface area contributed by atoms with Gasteiger partial charge < -0.3 is 20.6 Å². The van der Waals surface area contributed by atoms with Crippen molar-refractivity contribution in [3.05, 3.63) is 29.3 Å². The standard InChI is InChI=1S/C21H29N3O4/c1-13(2)10-22-18(25)15-6-7-17(14(3)9-15)23-20(28)24-11-16-5-4-8-21(16,12-24)19(26)27/h6-7,9,13,16H,4-5,8,10-12H2,1-3H3,(H,22,25)(H,23,28)(H,26,27)/t16-,21+/m0/s1. The first-order chi connectivity index (χ1) is 13.2. The second-order valence-corrected chi connectivity index (χ2v) is 8.49. The second-order valence-electron chi connectivity index (χ2n) is 8.49. The average Bonchev–Trinajstić information content (AvgIpc) is 3.19. The molecule has 1 heterocycles. The van der Waals surface area contributed by atoms with Crippen LogP contribution in [0.5, 0.6) is 0 Å². The molecule has 2 aliphatic rings. The molecule has 1 saturated heterocycles. The maximum absolute atomic E-state index is 12.7. The van der Waals surface area contributed by atoms with Crippen LogP contribution in [0.15, 0.2) is 18.2 Å². The van der Waals surface area contributed by atoms with Gasteiger partial charge in [-0.1, -0.05) is 20.3 Å². The van der Waals surface area contributed by atoms with Gasteiger partial charge >= 0.3 is 12.0 Å². The minimum absolute atomic E-state index is 0.0314. The van der Waals surface area contributed by atoms with Gasteiger partial charge in [0.15, 0.2) is 0 Å². The molecule has 1 aromatic rings. The second kappa shape index (κ2) is 7.81. The first-order valence-corrected chi connectivity index (χ1v) is 9.91. The topological polar surface area (TPSA) is 98.7 Å². The average molecular weight is 387 g/mol. The highest BCUT2D eigenvalue weighted by molar-refractivity contribution is 5.96. The fraction of sp³-hybridized carbons (Fsp3) is 0.571. The summed E-state index contributed by atoms with van der Waals surface area (Å²) in [6.45, 7) is 7.25. The van der Waals surface area contributed by atoms with Crippen LogP contribution in [-0.4, -0.2) is 47.5 Å². The van der Waals surface area contributed by atoms with Crippen LogP contribution in [0, 0.1) is 24.2 Å². The number of carboxylic acid groups (broad SMARTS) is 1. The maximum atomic E-state index is 12.7. The van der Waals surface area contributed by atoms with Gasteiger partial charge in [0, 0.05) is 30.9 Å². The fourth-order valence-electron chi connectivity index (χ4n) is 4.33. The highest BCUT2D eigenvalue weighted by atomic mass is 16.4. The van der Waals surface area contributed by atoms with Gasteiger partial charge in [-0.25, -0.2) is 4.79 Å². The largest absolute Gasteiger partial charge is 0.481 e. The zero-order chi connectivity index (χ0) is 20.5. The summed E-state index contributed by atoms with van der Waals surface area (Å²) in [5, 5.41) is 15.4. The summed E-state index contributed by atoms with van der Waals surface area (Å²) in [7, 11) is 0. The molecule has 0 radical (unpaired) electrons.